The zero-order chi connectivity index (χ0) is 19.6. The smallest absolute Gasteiger partial charge is 0.228 e. The molecular formula is C21H31N5O2S. The number of nitrogens with zero attached hydrogens (tertiary/aromatic N) is 5. The molecule has 1 atom stereocenters. The quantitative estimate of drug-likeness (QED) is 0.661. The summed E-state index contributed by atoms with van der Waals surface area (Å²) in [7, 11) is 0. The predicted molar refractivity (Wildman–Crippen MR) is 112 cm³/mol. The standard InChI is InChI=1S/C21H31N5O2S/c1-15-8-10-25(11-9-15)20-22-23-21(26(20)13-16-5-4-12-27-16)29-14-18-17-6-2-3-7-19(17)28-24-18/h15-16H,2-14H2,1H3. The molecule has 1 aliphatic carbocycles. The molecule has 1 unspecified atom stereocenters. The monoisotopic (exact) mass is 417 g/mol. The van der Waals surface area contributed by atoms with Gasteiger partial charge in [-0.1, -0.05) is 23.8 Å². The first kappa shape index (κ1) is 19.4. The van der Waals surface area contributed by atoms with Gasteiger partial charge in [0.25, 0.3) is 0 Å². The summed E-state index contributed by atoms with van der Waals surface area (Å²) in [4.78, 5) is 2.41. The van der Waals surface area contributed by atoms with Gasteiger partial charge >= 0.3 is 0 Å². The van der Waals surface area contributed by atoms with E-state index in [1.165, 1.54) is 31.2 Å². The van der Waals surface area contributed by atoms with E-state index in [0.29, 0.717) is 0 Å². The van der Waals surface area contributed by atoms with Crippen molar-refractivity contribution in [2.24, 2.45) is 5.92 Å². The molecule has 0 aromatic carbocycles. The molecular weight excluding hydrogens is 386 g/mol. The largest absolute Gasteiger partial charge is 0.376 e. The van der Waals surface area contributed by atoms with E-state index in [9.17, 15) is 0 Å². The first-order valence-corrected chi connectivity index (χ1v) is 12.2. The van der Waals surface area contributed by atoms with Crippen LogP contribution in [-0.4, -0.2) is 45.7 Å². The second kappa shape index (κ2) is 8.68. The fourth-order valence-corrected chi connectivity index (χ4v) is 5.58. The summed E-state index contributed by atoms with van der Waals surface area (Å²) in [5.74, 6) is 3.69. The lowest BCUT2D eigenvalue weighted by Gasteiger charge is -2.31. The van der Waals surface area contributed by atoms with E-state index < -0.39 is 0 Å². The summed E-state index contributed by atoms with van der Waals surface area (Å²) in [5.41, 5.74) is 2.42. The predicted octanol–water partition coefficient (Wildman–Crippen LogP) is 3.85. The molecule has 2 aromatic rings. The molecule has 158 valence electrons. The average molecular weight is 418 g/mol. The van der Waals surface area contributed by atoms with Gasteiger partial charge in [-0.15, -0.1) is 10.2 Å². The highest BCUT2D eigenvalue weighted by atomic mass is 32.2. The molecule has 7 nitrogen and oxygen atoms in total. The Bertz CT molecular complexity index is 821. The first-order chi connectivity index (χ1) is 14.3. The lowest BCUT2D eigenvalue weighted by atomic mass is 9.97. The van der Waals surface area contributed by atoms with Crippen molar-refractivity contribution in [2.75, 3.05) is 24.6 Å². The molecule has 2 saturated heterocycles. The summed E-state index contributed by atoms with van der Waals surface area (Å²) < 4.78 is 13.8. The van der Waals surface area contributed by atoms with Gasteiger partial charge in [-0.05, 0) is 50.9 Å². The molecule has 0 spiro atoms. The molecule has 5 rings (SSSR count). The van der Waals surface area contributed by atoms with Crippen LogP contribution in [0.15, 0.2) is 9.68 Å². The number of ether oxygens (including phenoxy) is 1. The summed E-state index contributed by atoms with van der Waals surface area (Å²) in [5, 5.41) is 14.5. The van der Waals surface area contributed by atoms with E-state index >= 15 is 0 Å². The Morgan fingerprint density at radius 2 is 1.93 bits per heavy atom. The first-order valence-electron chi connectivity index (χ1n) is 11.2. The van der Waals surface area contributed by atoms with Crippen LogP contribution < -0.4 is 4.90 Å². The molecule has 2 aliphatic heterocycles. The number of piperidine rings is 1. The molecule has 0 N–H and O–H groups in total. The van der Waals surface area contributed by atoms with Crippen LogP contribution in [0.1, 0.15) is 62.5 Å². The van der Waals surface area contributed by atoms with E-state index in [1.807, 2.05) is 0 Å². The molecule has 0 amide bonds. The number of hydrogen-bond acceptors (Lipinski definition) is 7. The Balaban J connectivity index is 1.34. The Morgan fingerprint density at radius 3 is 2.76 bits per heavy atom. The number of aromatic nitrogens is 4. The average Bonchev–Trinajstić information content (AvgIpc) is 3.48. The number of rotatable bonds is 6. The second-order valence-electron chi connectivity index (χ2n) is 8.72. The van der Waals surface area contributed by atoms with Gasteiger partial charge in [0.2, 0.25) is 5.95 Å². The second-order valence-corrected chi connectivity index (χ2v) is 9.67. The van der Waals surface area contributed by atoms with Crippen molar-refractivity contribution >= 4 is 17.7 Å². The molecule has 29 heavy (non-hydrogen) atoms. The Kier molecular flexibility index (Phi) is 5.81. The summed E-state index contributed by atoms with van der Waals surface area (Å²) in [6, 6.07) is 0. The van der Waals surface area contributed by atoms with Gasteiger partial charge < -0.3 is 14.2 Å². The Hall–Kier alpha value is -1.54. The minimum atomic E-state index is 0.271. The highest BCUT2D eigenvalue weighted by Gasteiger charge is 2.27. The van der Waals surface area contributed by atoms with Crippen LogP contribution in [0.3, 0.4) is 0 Å². The van der Waals surface area contributed by atoms with Crippen molar-refractivity contribution in [3.8, 4) is 0 Å². The van der Waals surface area contributed by atoms with Crippen molar-refractivity contribution in [1.29, 1.82) is 0 Å². The van der Waals surface area contributed by atoms with Gasteiger partial charge in [0.15, 0.2) is 5.16 Å². The van der Waals surface area contributed by atoms with E-state index in [0.717, 1.165) is 86.2 Å². The van der Waals surface area contributed by atoms with Crippen LogP contribution >= 0.6 is 11.8 Å². The van der Waals surface area contributed by atoms with Crippen LogP contribution in [0.2, 0.25) is 0 Å². The zero-order valence-corrected chi connectivity index (χ0v) is 18.1. The van der Waals surface area contributed by atoms with E-state index in [2.05, 4.69) is 31.7 Å². The van der Waals surface area contributed by atoms with Crippen LogP contribution in [-0.2, 0) is 29.9 Å². The zero-order valence-electron chi connectivity index (χ0n) is 17.3. The number of aryl methyl sites for hydroxylation is 1. The van der Waals surface area contributed by atoms with Gasteiger partial charge in [0, 0.05) is 37.4 Å². The van der Waals surface area contributed by atoms with Crippen LogP contribution in [0.4, 0.5) is 5.95 Å². The highest BCUT2D eigenvalue weighted by Crippen LogP contribution is 2.32. The van der Waals surface area contributed by atoms with Crippen molar-refractivity contribution in [3.63, 3.8) is 0 Å². The molecule has 2 fully saturated rings. The third-order valence-corrected chi connectivity index (χ3v) is 7.52. The van der Waals surface area contributed by atoms with Gasteiger partial charge in [-0.3, -0.25) is 4.57 Å². The van der Waals surface area contributed by atoms with Gasteiger partial charge in [0.1, 0.15) is 5.76 Å². The van der Waals surface area contributed by atoms with Crippen molar-refractivity contribution in [2.45, 2.75) is 81.8 Å². The van der Waals surface area contributed by atoms with Crippen LogP contribution in [0.5, 0.6) is 0 Å². The molecule has 0 saturated carbocycles. The molecule has 0 radical (unpaired) electrons. The van der Waals surface area contributed by atoms with Crippen molar-refractivity contribution in [1.82, 2.24) is 19.9 Å². The van der Waals surface area contributed by atoms with Gasteiger partial charge in [0.05, 0.1) is 18.3 Å². The third kappa shape index (κ3) is 4.19. The van der Waals surface area contributed by atoms with E-state index in [-0.39, 0.29) is 6.10 Å². The highest BCUT2D eigenvalue weighted by molar-refractivity contribution is 7.98. The lowest BCUT2D eigenvalue weighted by Crippen LogP contribution is -2.35. The number of thioether (sulfide) groups is 1. The molecule has 2 aromatic heterocycles. The molecule has 0 bridgehead atoms. The van der Waals surface area contributed by atoms with Gasteiger partial charge in [-0.2, -0.15) is 0 Å². The summed E-state index contributed by atoms with van der Waals surface area (Å²) >= 11 is 1.73. The van der Waals surface area contributed by atoms with Crippen molar-refractivity contribution in [3.05, 3.63) is 17.0 Å². The number of fused-ring (bicyclic) bond motifs is 1. The normalized spacial score (nSPS) is 22.9. The van der Waals surface area contributed by atoms with E-state index in [1.54, 1.807) is 11.8 Å². The fraction of sp³-hybridized carbons (Fsp3) is 0.762. The third-order valence-electron chi connectivity index (χ3n) is 6.54. The number of hydrogen-bond donors (Lipinski definition) is 0. The maximum absolute atomic E-state index is 5.93. The SMILES string of the molecule is CC1CCN(c2nnc(SCc3noc4c3CCCC4)n2CC2CCCO2)CC1. The fourth-order valence-electron chi connectivity index (χ4n) is 4.68. The minimum absolute atomic E-state index is 0.271. The van der Waals surface area contributed by atoms with Gasteiger partial charge in [-0.25, -0.2) is 0 Å². The maximum atomic E-state index is 5.93. The molecule has 8 heteroatoms. The molecule has 3 aliphatic rings. The molecule has 4 heterocycles. The van der Waals surface area contributed by atoms with E-state index in [4.69, 9.17) is 9.26 Å². The summed E-state index contributed by atoms with van der Waals surface area (Å²) in [6.45, 7) is 6.18. The topological polar surface area (TPSA) is 69.2 Å². The Labute approximate surface area is 176 Å². The summed E-state index contributed by atoms with van der Waals surface area (Å²) in [6.07, 6.45) is 9.55. The minimum Gasteiger partial charge on any atom is -0.376 e. The van der Waals surface area contributed by atoms with Crippen molar-refractivity contribution < 1.29 is 9.26 Å². The Morgan fingerprint density at radius 1 is 1.07 bits per heavy atom. The van der Waals surface area contributed by atoms with Crippen LogP contribution in [0.25, 0.3) is 0 Å². The lowest BCUT2D eigenvalue weighted by molar-refractivity contribution is 0.0951. The van der Waals surface area contributed by atoms with Crippen LogP contribution in [0, 0.1) is 5.92 Å². The number of anilines is 1. The maximum Gasteiger partial charge on any atom is 0.228 e.